The highest BCUT2D eigenvalue weighted by molar-refractivity contribution is 7.22. The molecule has 11 heteroatoms. The Morgan fingerprint density at radius 1 is 0.510 bits per heavy atom. The Balaban J connectivity index is 1.20. The minimum absolute atomic E-state index is 0.135. The van der Waals surface area contributed by atoms with Gasteiger partial charge in [0.05, 0.1) is 23.1 Å². The van der Waals surface area contributed by atoms with Crippen LogP contribution in [0.1, 0.15) is 55.3 Å². The van der Waals surface area contributed by atoms with Crippen molar-refractivity contribution in [3.05, 3.63) is 179 Å². The number of para-hydroxylation sites is 2. The Morgan fingerprint density at radius 3 is 1.25 bits per heavy atom. The highest BCUT2D eigenvalue weighted by atomic mass is 32.1. The van der Waals surface area contributed by atoms with Gasteiger partial charge in [0.15, 0.2) is 21.0 Å². The summed E-state index contributed by atoms with van der Waals surface area (Å²) in [6.45, 7) is 0. The SMILES string of the molecule is O=C(NC(Cc1ccccc1)c1ccccc1)c1nnn2c1sc1c(C(=O)NC(Cc3ccccc3)c3ccccc3)nnn1c1ccccc12. The van der Waals surface area contributed by atoms with Gasteiger partial charge in [0.25, 0.3) is 11.8 Å². The van der Waals surface area contributed by atoms with Gasteiger partial charge in [-0.05, 0) is 47.2 Å². The van der Waals surface area contributed by atoms with Crippen LogP contribution in [0.2, 0.25) is 0 Å². The van der Waals surface area contributed by atoms with Gasteiger partial charge in [-0.1, -0.05) is 155 Å². The summed E-state index contributed by atoms with van der Waals surface area (Å²) in [5, 5.41) is 24.1. The molecule has 8 rings (SSSR count). The lowest BCUT2D eigenvalue weighted by Crippen LogP contribution is -2.30. The number of hydrogen-bond acceptors (Lipinski definition) is 7. The highest BCUT2D eigenvalue weighted by Crippen LogP contribution is 2.28. The zero-order chi connectivity index (χ0) is 34.6. The van der Waals surface area contributed by atoms with Gasteiger partial charge in [-0.2, -0.15) is 0 Å². The lowest BCUT2D eigenvalue weighted by atomic mass is 9.99. The van der Waals surface area contributed by atoms with Crippen LogP contribution >= 0.6 is 11.3 Å². The van der Waals surface area contributed by atoms with Crippen LogP contribution in [0, 0.1) is 0 Å². The van der Waals surface area contributed by atoms with Crippen LogP contribution in [-0.2, 0) is 12.8 Å². The molecule has 0 saturated carbocycles. The quantitative estimate of drug-likeness (QED) is 0.160. The van der Waals surface area contributed by atoms with Crippen molar-refractivity contribution < 1.29 is 9.59 Å². The first-order chi connectivity index (χ1) is 25.1. The molecule has 0 fully saturated rings. The number of hydrogen-bond donors (Lipinski definition) is 2. The molecular weight excluding hydrogens is 657 g/mol. The van der Waals surface area contributed by atoms with E-state index in [4.69, 9.17) is 0 Å². The average Bonchev–Trinajstić information content (AvgIpc) is 3.77. The van der Waals surface area contributed by atoms with Gasteiger partial charge in [-0.3, -0.25) is 9.59 Å². The van der Waals surface area contributed by atoms with Crippen molar-refractivity contribution in [3.8, 4) is 0 Å². The molecule has 2 atom stereocenters. The Bertz CT molecular complexity index is 2310. The number of rotatable bonds is 10. The first-order valence-corrected chi connectivity index (χ1v) is 17.4. The first kappa shape index (κ1) is 31.8. The number of nitrogens with zero attached hydrogens (tertiary/aromatic N) is 6. The molecule has 5 aromatic carbocycles. The molecule has 3 heterocycles. The minimum atomic E-state index is -0.384. The van der Waals surface area contributed by atoms with Gasteiger partial charge in [0.2, 0.25) is 0 Å². The minimum Gasteiger partial charge on any atom is -0.343 e. The molecule has 0 aliphatic heterocycles. The summed E-state index contributed by atoms with van der Waals surface area (Å²) in [4.78, 5) is 29.2. The van der Waals surface area contributed by atoms with Crippen LogP contribution in [0.4, 0.5) is 0 Å². The summed E-state index contributed by atoms with van der Waals surface area (Å²) in [6, 6.07) is 46.7. The molecule has 0 radical (unpaired) electrons. The zero-order valence-electron chi connectivity index (χ0n) is 27.3. The van der Waals surface area contributed by atoms with Crippen LogP contribution in [0.15, 0.2) is 146 Å². The average molecular weight is 689 g/mol. The van der Waals surface area contributed by atoms with Gasteiger partial charge >= 0.3 is 0 Å². The monoisotopic (exact) mass is 688 g/mol. The second-order valence-corrected chi connectivity index (χ2v) is 13.1. The van der Waals surface area contributed by atoms with E-state index >= 15 is 0 Å². The topological polar surface area (TPSA) is 119 Å². The molecule has 2 unspecified atom stereocenters. The third kappa shape index (κ3) is 6.62. The lowest BCUT2D eigenvalue weighted by molar-refractivity contribution is 0.0925. The van der Waals surface area contributed by atoms with Gasteiger partial charge in [0.1, 0.15) is 0 Å². The van der Waals surface area contributed by atoms with Gasteiger partial charge in [-0.25, -0.2) is 9.03 Å². The summed E-state index contributed by atoms with van der Waals surface area (Å²) in [5.74, 6) is -0.769. The van der Waals surface area contributed by atoms with Crippen molar-refractivity contribution in [1.82, 2.24) is 40.3 Å². The largest absolute Gasteiger partial charge is 0.343 e. The molecule has 0 saturated heterocycles. The van der Waals surface area contributed by atoms with E-state index in [2.05, 4.69) is 31.3 Å². The molecule has 0 aliphatic rings. The number of aromatic nitrogens is 6. The maximum absolute atomic E-state index is 14.2. The van der Waals surface area contributed by atoms with Gasteiger partial charge in [-0.15, -0.1) is 10.2 Å². The molecule has 51 heavy (non-hydrogen) atoms. The summed E-state index contributed by atoms with van der Waals surface area (Å²) >= 11 is 1.19. The fourth-order valence-corrected chi connectivity index (χ4v) is 7.36. The van der Waals surface area contributed by atoms with Crippen LogP contribution in [-0.4, -0.2) is 41.5 Å². The van der Waals surface area contributed by atoms with E-state index in [1.54, 1.807) is 9.03 Å². The Labute approximate surface area is 297 Å². The number of carbonyl (C=O) groups excluding carboxylic acids is 2. The van der Waals surface area contributed by atoms with Crippen LogP contribution in [0.25, 0.3) is 20.7 Å². The molecule has 0 spiro atoms. The van der Waals surface area contributed by atoms with E-state index in [0.29, 0.717) is 33.5 Å². The van der Waals surface area contributed by atoms with Crippen LogP contribution in [0.3, 0.4) is 0 Å². The molecule has 3 aromatic heterocycles. The van der Waals surface area contributed by atoms with E-state index in [1.807, 2.05) is 146 Å². The molecule has 0 bridgehead atoms. The summed E-state index contributed by atoms with van der Waals surface area (Å²) in [7, 11) is 0. The van der Waals surface area contributed by atoms with Crippen molar-refractivity contribution >= 4 is 43.8 Å². The van der Waals surface area contributed by atoms with Crippen molar-refractivity contribution in [3.63, 3.8) is 0 Å². The van der Waals surface area contributed by atoms with E-state index < -0.39 is 0 Å². The lowest BCUT2D eigenvalue weighted by Gasteiger charge is -2.19. The molecule has 2 amide bonds. The highest BCUT2D eigenvalue weighted by Gasteiger charge is 2.26. The predicted octanol–water partition coefficient (Wildman–Crippen LogP) is 6.98. The van der Waals surface area contributed by atoms with E-state index in [0.717, 1.165) is 22.3 Å². The van der Waals surface area contributed by atoms with E-state index in [9.17, 15) is 9.59 Å². The zero-order valence-corrected chi connectivity index (χ0v) is 28.1. The predicted molar refractivity (Wildman–Crippen MR) is 197 cm³/mol. The summed E-state index contributed by atoms with van der Waals surface area (Å²) < 4.78 is 3.25. The second-order valence-electron chi connectivity index (χ2n) is 12.2. The number of nitrogens with one attached hydrogen (secondary N) is 2. The number of amides is 2. The molecule has 10 nitrogen and oxygen atoms in total. The van der Waals surface area contributed by atoms with Gasteiger partial charge < -0.3 is 10.6 Å². The molecular formula is C40H32N8O2S. The maximum Gasteiger partial charge on any atom is 0.275 e. The molecule has 0 aliphatic carbocycles. The summed E-state index contributed by atoms with van der Waals surface area (Å²) in [6.07, 6.45) is 1.17. The standard InChI is InChI=1S/C40H32N8O2S/c49-37(41-31(29-19-9-3-10-20-29)25-27-15-5-1-6-16-27)35-39-47(45-43-35)33-23-13-14-24-34(33)48-40(51-39)36(44-46-48)38(50)42-32(30-21-11-4-12-22-30)26-28-17-7-2-8-18-28/h1-24,31-32H,25-26H2,(H,41,49)(H,42,50). The maximum atomic E-state index is 14.2. The fraction of sp³-hybridized carbons (Fsp3) is 0.100. The van der Waals surface area contributed by atoms with Crippen LogP contribution < -0.4 is 10.6 Å². The molecule has 250 valence electrons. The number of benzene rings is 5. The third-order valence-electron chi connectivity index (χ3n) is 8.80. The summed E-state index contributed by atoms with van der Waals surface area (Å²) in [5.41, 5.74) is 5.68. The molecule has 2 N–H and O–H groups in total. The fourth-order valence-electron chi connectivity index (χ4n) is 6.27. The van der Waals surface area contributed by atoms with Crippen LogP contribution in [0.5, 0.6) is 0 Å². The number of fused-ring (bicyclic) bond motifs is 5. The van der Waals surface area contributed by atoms with Crippen molar-refractivity contribution in [2.75, 3.05) is 0 Å². The third-order valence-corrected chi connectivity index (χ3v) is 9.92. The Hall–Kier alpha value is -6.46. The van der Waals surface area contributed by atoms with E-state index in [1.165, 1.54) is 11.3 Å². The Morgan fingerprint density at radius 2 is 0.863 bits per heavy atom. The first-order valence-electron chi connectivity index (χ1n) is 16.6. The van der Waals surface area contributed by atoms with Crippen molar-refractivity contribution in [1.29, 1.82) is 0 Å². The van der Waals surface area contributed by atoms with Gasteiger partial charge in [0, 0.05) is 0 Å². The normalized spacial score (nSPS) is 12.5. The molecule has 8 aromatic rings. The number of carbonyl (C=O) groups is 2. The second kappa shape index (κ2) is 14.2. The Kier molecular flexibility index (Phi) is 8.84. The van der Waals surface area contributed by atoms with E-state index in [-0.39, 0.29) is 35.3 Å². The van der Waals surface area contributed by atoms with Crippen molar-refractivity contribution in [2.24, 2.45) is 0 Å². The van der Waals surface area contributed by atoms with Crippen molar-refractivity contribution in [2.45, 2.75) is 24.9 Å². The smallest absolute Gasteiger partial charge is 0.275 e.